The number of alkyl halides is 1. The van der Waals surface area contributed by atoms with E-state index in [0.29, 0.717) is 6.04 Å². The van der Waals surface area contributed by atoms with Crippen molar-refractivity contribution in [2.24, 2.45) is 0 Å². The topological polar surface area (TPSA) is 27.1 Å². The Morgan fingerprint density at radius 3 is 2.74 bits per heavy atom. The maximum Gasteiger partial charge on any atom is 0.127 e. The molecular weight excluding hydrogens is 260 g/mol. The second kappa shape index (κ2) is 5.93. The van der Waals surface area contributed by atoms with Crippen molar-refractivity contribution in [2.75, 3.05) is 13.7 Å². The van der Waals surface area contributed by atoms with Crippen LogP contribution in [0.4, 0.5) is 0 Å². The van der Waals surface area contributed by atoms with Crippen LogP contribution in [0.3, 0.4) is 0 Å². The molecule has 0 aliphatic carbocycles. The minimum absolute atomic E-state index is 0.0994. The number of methoxy groups -OCH3 is 1. The summed E-state index contributed by atoms with van der Waals surface area (Å²) in [6.07, 6.45) is 0.951. The first-order chi connectivity index (χ1) is 9.04. The molecule has 1 aromatic heterocycles. The molecule has 0 aliphatic rings. The first-order valence-electron chi connectivity index (χ1n) is 6.66. The van der Waals surface area contributed by atoms with E-state index in [1.165, 1.54) is 5.56 Å². The van der Waals surface area contributed by atoms with Gasteiger partial charge < -0.3 is 9.30 Å². The van der Waals surface area contributed by atoms with E-state index < -0.39 is 0 Å². The third kappa shape index (κ3) is 2.93. The fraction of sp³-hybridized carbons (Fsp3) is 0.533. The van der Waals surface area contributed by atoms with E-state index >= 15 is 0 Å². The Bertz CT molecular complexity index is 563. The quantitative estimate of drug-likeness (QED) is 0.766. The summed E-state index contributed by atoms with van der Waals surface area (Å²) in [5.74, 6) is 0.936. The molecule has 1 heterocycles. The van der Waals surface area contributed by atoms with Crippen LogP contribution in [-0.2, 0) is 4.74 Å². The van der Waals surface area contributed by atoms with Crippen LogP contribution in [0.25, 0.3) is 11.0 Å². The van der Waals surface area contributed by atoms with E-state index in [2.05, 4.69) is 41.6 Å². The standard InChI is InChI=1S/C15H21ClN2O/c1-10-5-6-13-14(9-10)18(11(2)7-8-19-4)15(17-13)12(3)16/h5-6,9,11-12H,7-8H2,1-4H3. The maximum atomic E-state index is 6.28. The molecule has 4 heteroatoms. The van der Waals surface area contributed by atoms with Crippen LogP contribution in [-0.4, -0.2) is 23.3 Å². The molecule has 0 spiro atoms. The molecule has 0 fully saturated rings. The zero-order chi connectivity index (χ0) is 14.0. The molecular formula is C15H21ClN2O. The average Bonchev–Trinajstić information content (AvgIpc) is 2.74. The van der Waals surface area contributed by atoms with Gasteiger partial charge in [0.05, 0.1) is 16.4 Å². The number of imidazole rings is 1. The number of rotatable bonds is 5. The molecule has 2 unspecified atom stereocenters. The Labute approximate surface area is 119 Å². The molecule has 2 aromatic rings. The van der Waals surface area contributed by atoms with Crippen molar-refractivity contribution in [3.05, 3.63) is 29.6 Å². The lowest BCUT2D eigenvalue weighted by molar-refractivity contribution is 0.181. The molecule has 0 saturated carbocycles. The lowest BCUT2D eigenvalue weighted by Crippen LogP contribution is -2.12. The van der Waals surface area contributed by atoms with Gasteiger partial charge >= 0.3 is 0 Å². The summed E-state index contributed by atoms with van der Waals surface area (Å²) in [5.41, 5.74) is 3.41. The number of ether oxygens (including phenoxy) is 1. The van der Waals surface area contributed by atoms with E-state index in [-0.39, 0.29) is 5.38 Å². The summed E-state index contributed by atoms with van der Waals surface area (Å²) in [6, 6.07) is 6.65. The summed E-state index contributed by atoms with van der Waals surface area (Å²) < 4.78 is 7.43. The van der Waals surface area contributed by atoms with Crippen molar-refractivity contribution in [1.82, 2.24) is 9.55 Å². The highest BCUT2D eigenvalue weighted by atomic mass is 35.5. The Hall–Kier alpha value is -1.06. The van der Waals surface area contributed by atoms with Gasteiger partial charge in [-0.05, 0) is 44.9 Å². The minimum atomic E-state index is -0.0994. The van der Waals surface area contributed by atoms with Gasteiger partial charge in [-0.15, -0.1) is 11.6 Å². The lowest BCUT2D eigenvalue weighted by atomic mass is 10.2. The number of fused-ring (bicyclic) bond motifs is 1. The van der Waals surface area contributed by atoms with E-state index in [1.54, 1.807) is 7.11 Å². The number of aromatic nitrogens is 2. The molecule has 0 radical (unpaired) electrons. The average molecular weight is 281 g/mol. The fourth-order valence-electron chi connectivity index (χ4n) is 2.38. The molecule has 0 saturated heterocycles. The van der Waals surface area contributed by atoms with Crippen molar-refractivity contribution in [3.8, 4) is 0 Å². The largest absolute Gasteiger partial charge is 0.385 e. The van der Waals surface area contributed by atoms with Crippen molar-refractivity contribution in [3.63, 3.8) is 0 Å². The smallest absolute Gasteiger partial charge is 0.127 e. The molecule has 2 atom stereocenters. The van der Waals surface area contributed by atoms with Crippen molar-refractivity contribution in [1.29, 1.82) is 0 Å². The summed E-state index contributed by atoms with van der Waals surface area (Å²) in [5, 5.41) is -0.0994. The molecule has 0 N–H and O–H groups in total. The van der Waals surface area contributed by atoms with Crippen molar-refractivity contribution >= 4 is 22.6 Å². The van der Waals surface area contributed by atoms with Crippen LogP contribution >= 0.6 is 11.6 Å². The zero-order valence-electron chi connectivity index (χ0n) is 12.0. The molecule has 0 amide bonds. The third-order valence-corrected chi connectivity index (χ3v) is 3.60. The van der Waals surface area contributed by atoms with Gasteiger partial charge in [0.15, 0.2) is 0 Å². The Morgan fingerprint density at radius 1 is 1.37 bits per heavy atom. The van der Waals surface area contributed by atoms with E-state index in [9.17, 15) is 0 Å². The van der Waals surface area contributed by atoms with E-state index in [4.69, 9.17) is 16.3 Å². The molecule has 0 aliphatic heterocycles. The van der Waals surface area contributed by atoms with Crippen LogP contribution in [0, 0.1) is 6.92 Å². The van der Waals surface area contributed by atoms with Crippen LogP contribution < -0.4 is 0 Å². The van der Waals surface area contributed by atoms with Crippen LogP contribution in [0.1, 0.15) is 43.1 Å². The van der Waals surface area contributed by atoms with Gasteiger partial charge in [0.2, 0.25) is 0 Å². The summed E-state index contributed by atoms with van der Waals surface area (Å²) in [6.45, 7) is 6.99. The summed E-state index contributed by atoms with van der Waals surface area (Å²) in [7, 11) is 1.73. The fourth-order valence-corrected chi connectivity index (χ4v) is 2.54. The lowest BCUT2D eigenvalue weighted by Gasteiger charge is -2.18. The van der Waals surface area contributed by atoms with Gasteiger partial charge in [-0.3, -0.25) is 0 Å². The highest BCUT2D eigenvalue weighted by Gasteiger charge is 2.18. The SMILES string of the molecule is COCCC(C)n1c(C(C)Cl)nc2ccc(C)cc21. The molecule has 104 valence electrons. The van der Waals surface area contributed by atoms with E-state index in [1.807, 2.05) is 6.92 Å². The molecule has 3 nitrogen and oxygen atoms in total. The number of aryl methyl sites for hydroxylation is 1. The number of hydrogen-bond acceptors (Lipinski definition) is 2. The zero-order valence-corrected chi connectivity index (χ0v) is 12.7. The monoisotopic (exact) mass is 280 g/mol. The molecule has 1 aromatic carbocycles. The third-order valence-electron chi connectivity index (χ3n) is 3.41. The maximum absolute atomic E-state index is 6.28. The Morgan fingerprint density at radius 2 is 2.11 bits per heavy atom. The predicted molar refractivity (Wildman–Crippen MR) is 79.9 cm³/mol. The van der Waals surface area contributed by atoms with Gasteiger partial charge in [0.25, 0.3) is 0 Å². The Kier molecular flexibility index (Phi) is 4.48. The van der Waals surface area contributed by atoms with E-state index in [0.717, 1.165) is 29.9 Å². The van der Waals surface area contributed by atoms with Crippen LogP contribution in [0.2, 0.25) is 0 Å². The summed E-state index contributed by atoms with van der Waals surface area (Å²) >= 11 is 6.28. The normalized spacial score (nSPS) is 14.8. The van der Waals surface area contributed by atoms with Gasteiger partial charge in [-0.2, -0.15) is 0 Å². The van der Waals surface area contributed by atoms with Crippen LogP contribution in [0.15, 0.2) is 18.2 Å². The number of nitrogens with zero attached hydrogens (tertiary/aromatic N) is 2. The van der Waals surface area contributed by atoms with Gasteiger partial charge in [0.1, 0.15) is 5.82 Å². The molecule has 2 rings (SSSR count). The number of halogens is 1. The molecule has 19 heavy (non-hydrogen) atoms. The second-order valence-corrected chi connectivity index (χ2v) is 5.73. The second-order valence-electron chi connectivity index (χ2n) is 5.08. The van der Waals surface area contributed by atoms with Crippen molar-refractivity contribution < 1.29 is 4.74 Å². The predicted octanol–water partition coefficient (Wildman–Crippen LogP) is 4.24. The first-order valence-corrected chi connectivity index (χ1v) is 7.09. The molecule has 0 bridgehead atoms. The number of hydrogen-bond donors (Lipinski definition) is 0. The highest BCUT2D eigenvalue weighted by Crippen LogP contribution is 2.29. The summed E-state index contributed by atoms with van der Waals surface area (Å²) in [4.78, 5) is 4.67. The van der Waals surface area contributed by atoms with Crippen LogP contribution in [0.5, 0.6) is 0 Å². The first kappa shape index (κ1) is 14.4. The van der Waals surface area contributed by atoms with Gasteiger partial charge in [0, 0.05) is 19.8 Å². The number of benzene rings is 1. The highest BCUT2D eigenvalue weighted by molar-refractivity contribution is 6.20. The Balaban J connectivity index is 2.53. The van der Waals surface area contributed by atoms with Gasteiger partial charge in [-0.25, -0.2) is 4.98 Å². The van der Waals surface area contributed by atoms with Crippen molar-refractivity contribution in [2.45, 2.75) is 38.6 Å². The minimum Gasteiger partial charge on any atom is -0.385 e. The van der Waals surface area contributed by atoms with Gasteiger partial charge in [-0.1, -0.05) is 6.07 Å².